The Labute approximate surface area is 110 Å². The molecule has 0 aromatic heterocycles. The van der Waals surface area contributed by atoms with Crippen molar-refractivity contribution in [2.24, 2.45) is 0 Å². The number of nitrogens with zero attached hydrogens (tertiary/aromatic N) is 2. The summed E-state index contributed by atoms with van der Waals surface area (Å²) in [6.07, 6.45) is 1.55. The van der Waals surface area contributed by atoms with Gasteiger partial charge in [0, 0.05) is 17.6 Å². The van der Waals surface area contributed by atoms with E-state index in [0.717, 1.165) is 36.1 Å². The molecule has 0 atom stereocenters. The van der Waals surface area contributed by atoms with Crippen molar-refractivity contribution in [1.82, 2.24) is 0 Å². The molecule has 0 spiro atoms. The average Bonchev–Trinajstić information content (AvgIpc) is 2.29. The summed E-state index contributed by atoms with van der Waals surface area (Å²) >= 11 is 3.50. The lowest BCUT2D eigenvalue weighted by Crippen LogP contribution is -2.42. The quantitative estimate of drug-likeness (QED) is 0.866. The van der Waals surface area contributed by atoms with Crippen LogP contribution >= 0.6 is 15.9 Å². The van der Waals surface area contributed by atoms with Crippen molar-refractivity contribution in [1.29, 1.82) is 5.26 Å². The smallest absolute Gasteiger partial charge is 0.0992 e. The molecule has 17 heavy (non-hydrogen) atoms. The zero-order chi connectivity index (χ0) is 12.5. The monoisotopic (exact) mass is 294 g/mol. The van der Waals surface area contributed by atoms with E-state index in [1.807, 2.05) is 25.1 Å². The first-order valence-electron chi connectivity index (χ1n) is 5.69. The molecule has 1 aromatic carbocycles. The molecule has 1 N–H and O–H groups in total. The molecular formula is C13H15BrN2O. The van der Waals surface area contributed by atoms with Crippen LogP contribution in [0.25, 0.3) is 0 Å². The zero-order valence-electron chi connectivity index (χ0n) is 9.78. The van der Waals surface area contributed by atoms with Gasteiger partial charge in [0.15, 0.2) is 0 Å². The summed E-state index contributed by atoms with van der Waals surface area (Å²) in [6.45, 7) is 3.58. The van der Waals surface area contributed by atoms with E-state index in [4.69, 9.17) is 5.26 Å². The lowest BCUT2D eigenvalue weighted by atomic mass is 9.93. The van der Waals surface area contributed by atoms with Crippen molar-refractivity contribution in [3.63, 3.8) is 0 Å². The van der Waals surface area contributed by atoms with E-state index in [9.17, 15) is 5.11 Å². The molecule has 1 aromatic rings. The minimum Gasteiger partial charge on any atom is -0.390 e. The van der Waals surface area contributed by atoms with Gasteiger partial charge in [-0.2, -0.15) is 5.26 Å². The van der Waals surface area contributed by atoms with Gasteiger partial charge < -0.3 is 10.0 Å². The van der Waals surface area contributed by atoms with E-state index in [1.165, 1.54) is 0 Å². The normalized spacial score (nSPS) is 18.8. The average molecular weight is 295 g/mol. The maximum atomic E-state index is 9.91. The SMILES string of the molecule is CC1(O)CCN(c2ccc(C#N)cc2Br)CC1. The lowest BCUT2D eigenvalue weighted by Gasteiger charge is -2.37. The standard InChI is InChI=1S/C13H15BrN2O/c1-13(17)4-6-16(7-5-13)12-3-2-10(9-15)8-11(12)14/h2-3,8,17H,4-7H2,1H3. The molecule has 0 radical (unpaired) electrons. The predicted molar refractivity (Wildman–Crippen MR) is 70.9 cm³/mol. The summed E-state index contributed by atoms with van der Waals surface area (Å²) in [5.41, 5.74) is 1.22. The topological polar surface area (TPSA) is 47.3 Å². The largest absolute Gasteiger partial charge is 0.390 e. The molecule has 0 saturated carbocycles. The van der Waals surface area contributed by atoms with E-state index < -0.39 is 5.60 Å². The Morgan fingerprint density at radius 1 is 1.41 bits per heavy atom. The number of anilines is 1. The second-order valence-electron chi connectivity index (χ2n) is 4.76. The minimum absolute atomic E-state index is 0.532. The molecule has 2 rings (SSSR count). The van der Waals surface area contributed by atoms with Crippen LogP contribution in [0.2, 0.25) is 0 Å². The van der Waals surface area contributed by atoms with Crippen LogP contribution in [0.15, 0.2) is 22.7 Å². The first-order valence-corrected chi connectivity index (χ1v) is 6.48. The lowest BCUT2D eigenvalue weighted by molar-refractivity contribution is 0.0351. The number of nitriles is 1. The second-order valence-corrected chi connectivity index (χ2v) is 5.62. The highest BCUT2D eigenvalue weighted by Crippen LogP contribution is 2.31. The molecule has 1 aliphatic rings. The van der Waals surface area contributed by atoms with Crippen LogP contribution in [0.1, 0.15) is 25.3 Å². The van der Waals surface area contributed by atoms with Gasteiger partial charge >= 0.3 is 0 Å². The third kappa shape index (κ3) is 2.80. The molecule has 3 nitrogen and oxygen atoms in total. The summed E-state index contributed by atoms with van der Waals surface area (Å²) in [5, 5.41) is 18.7. The summed E-state index contributed by atoms with van der Waals surface area (Å²) in [7, 11) is 0. The fourth-order valence-electron chi connectivity index (χ4n) is 2.06. The first kappa shape index (κ1) is 12.4. The highest BCUT2D eigenvalue weighted by molar-refractivity contribution is 9.10. The molecule has 0 bridgehead atoms. The molecule has 0 amide bonds. The van der Waals surface area contributed by atoms with Crippen molar-refractivity contribution in [2.75, 3.05) is 18.0 Å². The number of piperidine rings is 1. The number of aliphatic hydroxyl groups is 1. The van der Waals surface area contributed by atoms with Crippen LogP contribution in [0.5, 0.6) is 0 Å². The van der Waals surface area contributed by atoms with E-state index in [2.05, 4.69) is 26.9 Å². The molecule has 0 aliphatic carbocycles. The first-order chi connectivity index (χ1) is 8.02. The van der Waals surface area contributed by atoms with Crippen LogP contribution in [-0.2, 0) is 0 Å². The van der Waals surface area contributed by atoms with Crippen molar-refractivity contribution in [3.8, 4) is 6.07 Å². The van der Waals surface area contributed by atoms with Gasteiger partial charge in [-0.3, -0.25) is 0 Å². The van der Waals surface area contributed by atoms with Crippen molar-refractivity contribution in [2.45, 2.75) is 25.4 Å². The Kier molecular flexibility index (Phi) is 3.41. The molecule has 1 fully saturated rings. The number of benzene rings is 1. The number of hydrogen-bond acceptors (Lipinski definition) is 3. The molecule has 1 saturated heterocycles. The Hall–Kier alpha value is -1.05. The van der Waals surface area contributed by atoms with Gasteiger partial charge in [-0.05, 0) is 53.9 Å². The van der Waals surface area contributed by atoms with Crippen LogP contribution in [0.4, 0.5) is 5.69 Å². The number of rotatable bonds is 1. The van der Waals surface area contributed by atoms with Gasteiger partial charge in [-0.15, -0.1) is 0 Å². The van der Waals surface area contributed by atoms with E-state index in [0.29, 0.717) is 5.56 Å². The van der Waals surface area contributed by atoms with Gasteiger partial charge in [-0.1, -0.05) is 0 Å². The summed E-state index contributed by atoms with van der Waals surface area (Å²) in [5.74, 6) is 0. The van der Waals surface area contributed by atoms with Crippen LogP contribution < -0.4 is 4.90 Å². The maximum absolute atomic E-state index is 9.91. The van der Waals surface area contributed by atoms with Gasteiger partial charge in [0.1, 0.15) is 0 Å². The van der Waals surface area contributed by atoms with Crippen LogP contribution in [0, 0.1) is 11.3 Å². The van der Waals surface area contributed by atoms with Gasteiger partial charge in [0.05, 0.1) is 22.9 Å². The van der Waals surface area contributed by atoms with E-state index in [1.54, 1.807) is 0 Å². The molecule has 1 aliphatic heterocycles. The van der Waals surface area contributed by atoms with Crippen molar-refractivity contribution >= 4 is 21.6 Å². The molecule has 1 heterocycles. The summed E-state index contributed by atoms with van der Waals surface area (Å²) < 4.78 is 0.943. The highest BCUT2D eigenvalue weighted by Gasteiger charge is 2.27. The van der Waals surface area contributed by atoms with Crippen molar-refractivity contribution < 1.29 is 5.11 Å². The van der Waals surface area contributed by atoms with E-state index in [-0.39, 0.29) is 0 Å². The second kappa shape index (κ2) is 4.67. The van der Waals surface area contributed by atoms with Crippen molar-refractivity contribution in [3.05, 3.63) is 28.2 Å². The molecule has 90 valence electrons. The van der Waals surface area contributed by atoms with Gasteiger partial charge in [-0.25, -0.2) is 0 Å². The molecular weight excluding hydrogens is 280 g/mol. The fourth-order valence-corrected chi connectivity index (χ4v) is 2.69. The van der Waals surface area contributed by atoms with Gasteiger partial charge in [0.2, 0.25) is 0 Å². The van der Waals surface area contributed by atoms with Gasteiger partial charge in [0.25, 0.3) is 0 Å². The minimum atomic E-state index is -0.532. The fraction of sp³-hybridized carbons (Fsp3) is 0.462. The Morgan fingerprint density at radius 3 is 2.59 bits per heavy atom. The van der Waals surface area contributed by atoms with E-state index >= 15 is 0 Å². The Bertz CT molecular complexity index is 455. The third-order valence-corrected chi connectivity index (χ3v) is 3.89. The molecule has 4 heteroatoms. The third-order valence-electron chi connectivity index (χ3n) is 3.26. The Morgan fingerprint density at radius 2 is 2.06 bits per heavy atom. The zero-order valence-corrected chi connectivity index (χ0v) is 11.4. The van der Waals surface area contributed by atoms with Crippen LogP contribution in [0.3, 0.4) is 0 Å². The predicted octanol–water partition coefficient (Wildman–Crippen LogP) is 2.67. The van der Waals surface area contributed by atoms with Crippen LogP contribution in [-0.4, -0.2) is 23.8 Å². The highest BCUT2D eigenvalue weighted by atomic mass is 79.9. The number of halogens is 1. The number of hydrogen-bond donors (Lipinski definition) is 1. The summed E-state index contributed by atoms with van der Waals surface area (Å²) in [6, 6.07) is 7.75. The molecule has 0 unspecified atom stereocenters. The maximum Gasteiger partial charge on any atom is 0.0992 e. The summed E-state index contributed by atoms with van der Waals surface area (Å²) in [4.78, 5) is 2.24. The Balaban J connectivity index is 2.17.